The Morgan fingerprint density at radius 2 is 1.79 bits per heavy atom. The predicted molar refractivity (Wildman–Crippen MR) is 109 cm³/mol. The minimum absolute atomic E-state index is 0.104. The molecule has 0 radical (unpaired) electrons. The summed E-state index contributed by atoms with van der Waals surface area (Å²) in [6.45, 7) is 3.42. The predicted octanol–water partition coefficient (Wildman–Crippen LogP) is 4.09. The SMILES string of the molecule is Cc1ccc(Cl)cc1NC(=O)c1nnn(CC(=O)Nc2ccccc2Cl)c1C. The van der Waals surface area contributed by atoms with Gasteiger partial charge in [0.2, 0.25) is 5.91 Å². The van der Waals surface area contributed by atoms with Crippen LogP contribution in [0.15, 0.2) is 42.5 Å². The van der Waals surface area contributed by atoms with Crippen molar-refractivity contribution in [2.45, 2.75) is 20.4 Å². The van der Waals surface area contributed by atoms with Gasteiger partial charge < -0.3 is 10.6 Å². The maximum Gasteiger partial charge on any atom is 0.278 e. The lowest BCUT2D eigenvalue weighted by Crippen LogP contribution is -2.21. The first-order valence-corrected chi connectivity index (χ1v) is 9.12. The number of amides is 2. The van der Waals surface area contributed by atoms with Crippen molar-refractivity contribution in [3.05, 3.63) is 69.5 Å². The third-order valence-electron chi connectivity index (χ3n) is 4.09. The molecule has 3 rings (SSSR count). The number of aryl methyl sites for hydroxylation is 1. The molecule has 2 N–H and O–H groups in total. The van der Waals surface area contributed by atoms with E-state index in [4.69, 9.17) is 23.2 Å². The van der Waals surface area contributed by atoms with Crippen LogP contribution < -0.4 is 10.6 Å². The number of benzene rings is 2. The van der Waals surface area contributed by atoms with Crippen molar-refractivity contribution in [3.63, 3.8) is 0 Å². The summed E-state index contributed by atoms with van der Waals surface area (Å²) in [7, 11) is 0. The molecule has 0 bridgehead atoms. The Balaban J connectivity index is 1.71. The number of carbonyl (C=O) groups excluding carboxylic acids is 2. The molecule has 2 aromatic carbocycles. The molecule has 1 heterocycles. The van der Waals surface area contributed by atoms with Gasteiger partial charge in [-0.15, -0.1) is 5.10 Å². The molecule has 144 valence electrons. The van der Waals surface area contributed by atoms with Crippen LogP contribution in [0.5, 0.6) is 0 Å². The van der Waals surface area contributed by atoms with Crippen molar-refractivity contribution >= 4 is 46.4 Å². The molecule has 3 aromatic rings. The number of aromatic nitrogens is 3. The van der Waals surface area contributed by atoms with Crippen LogP contribution >= 0.6 is 23.2 Å². The Labute approximate surface area is 171 Å². The molecule has 0 aliphatic carbocycles. The average molecular weight is 418 g/mol. The number of nitrogens with one attached hydrogen (secondary N) is 2. The Kier molecular flexibility index (Phi) is 5.96. The van der Waals surface area contributed by atoms with E-state index in [9.17, 15) is 9.59 Å². The number of para-hydroxylation sites is 1. The van der Waals surface area contributed by atoms with Gasteiger partial charge in [0.05, 0.1) is 16.4 Å². The first-order valence-electron chi connectivity index (χ1n) is 8.37. The number of hydrogen-bond acceptors (Lipinski definition) is 4. The van der Waals surface area contributed by atoms with Crippen molar-refractivity contribution < 1.29 is 9.59 Å². The fourth-order valence-electron chi connectivity index (χ4n) is 2.52. The largest absolute Gasteiger partial charge is 0.323 e. The van der Waals surface area contributed by atoms with Crippen molar-refractivity contribution in [1.82, 2.24) is 15.0 Å². The van der Waals surface area contributed by atoms with Crippen molar-refractivity contribution in [3.8, 4) is 0 Å². The van der Waals surface area contributed by atoms with Crippen LogP contribution in [0.1, 0.15) is 21.7 Å². The van der Waals surface area contributed by atoms with Gasteiger partial charge in [0.15, 0.2) is 5.69 Å². The highest BCUT2D eigenvalue weighted by Gasteiger charge is 2.19. The molecule has 7 nitrogen and oxygen atoms in total. The van der Waals surface area contributed by atoms with Gasteiger partial charge in [-0.3, -0.25) is 9.59 Å². The van der Waals surface area contributed by atoms with Crippen molar-refractivity contribution in [2.75, 3.05) is 10.6 Å². The molecule has 1 aromatic heterocycles. The van der Waals surface area contributed by atoms with Gasteiger partial charge in [0, 0.05) is 10.7 Å². The van der Waals surface area contributed by atoms with Crippen LogP contribution in [-0.2, 0) is 11.3 Å². The maximum absolute atomic E-state index is 12.5. The zero-order valence-electron chi connectivity index (χ0n) is 15.2. The smallest absolute Gasteiger partial charge is 0.278 e. The maximum atomic E-state index is 12.5. The van der Waals surface area contributed by atoms with E-state index in [0.717, 1.165) is 5.56 Å². The Hall–Kier alpha value is -2.90. The molecule has 0 unspecified atom stereocenters. The van der Waals surface area contributed by atoms with Crippen LogP contribution in [0.25, 0.3) is 0 Å². The summed E-state index contributed by atoms with van der Waals surface area (Å²) in [6, 6.07) is 12.1. The van der Waals surface area contributed by atoms with E-state index >= 15 is 0 Å². The third-order valence-corrected chi connectivity index (χ3v) is 4.65. The summed E-state index contributed by atoms with van der Waals surface area (Å²) >= 11 is 12.0. The molecule has 0 aliphatic heterocycles. The summed E-state index contributed by atoms with van der Waals surface area (Å²) in [5.41, 5.74) is 2.54. The van der Waals surface area contributed by atoms with Gasteiger partial charge in [0.1, 0.15) is 6.54 Å². The van der Waals surface area contributed by atoms with E-state index in [2.05, 4.69) is 20.9 Å². The topological polar surface area (TPSA) is 88.9 Å². The molecule has 9 heteroatoms. The van der Waals surface area contributed by atoms with Gasteiger partial charge in [-0.25, -0.2) is 4.68 Å². The lowest BCUT2D eigenvalue weighted by atomic mass is 10.2. The Bertz CT molecular complexity index is 1050. The Morgan fingerprint density at radius 3 is 2.54 bits per heavy atom. The molecular formula is C19H17Cl2N5O2. The second kappa shape index (κ2) is 8.41. The van der Waals surface area contributed by atoms with Gasteiger partial charge in [0.25, 0.3) is 5.91 Å². The molecule has 0 saturated heterocycles. The lowest BCUT2D eigenvalue weighted by molar-refractivity contribution is -0.117. The van der Waals surface area contributed by atoms with Crippen LogP contribution in [0.2, 0.25) is 10.0 Å². The molecule has 0 aliphatic rings. The number of hydrogen-bond donors (Lipinski definition) is 2. The van der Waals surface area contributed by atoms with Gasteiger partial charge in [-0.2, -0.15) is 0 Å². The van der Waals surface area contributed by atoms with Crippen LogP contribution in [-0.4, -0.2) is 26.8 Å². The second-order valence-electron chi connectivity index (χ2n) is 6.12. The lowest BCUT2D eigenvalue weighted by Gasteiger charge is -2.09. The number of nitrogens with zero attached hydrogens (tertiary/aromatic N) is 3. The highest BCUT2D eigenvalue weighted by molar-refractivity contribution is 6.33. The molecule has 0 spiro atoms. The van der Waals surface area contributed by atoms with Gasteiger partial charge in [-0.1, -0.05) is 46.6 Å². The van der Waals surface area contributed by atoms with E-state index < -0.39 is 5.91 Å². The molecular weight excluding hydrogens is 401 g/mol. The highest BCUT2D eigenvalue weighted by Crippen LogP contribution is 2.22. The zero-order valence-corrected chi connectivity index (χ0v) is 16.7. The summed E-state index contributed by atoms with van der Waals surface area (Å²) in [5.74, 6) is -0.764. The average Bonchev–Trinajstić information content (AvgIpc) is 3.00. The summed E-state index contributed by atoms with van der Waals surface area (Å²) in [6.07, 6.45) is 0. The second-order valence-corrected chi connectivity index (χ2v) is 6.97. The molecule has 0 saturated carbocycles. The zero-order chi connectivity index (χ0) is 20.3. The molecule has 28 heavy (non-hydrogen) atoms. The third kappa shape index (κ3) is 4.49. The number of anilines is 2. The van der Waals surface area contributed by atoms with Crippen LogP contribution in [0.4, 0.5) is 11.4 Å². The van der Waals surface area contributed by atoms with E-state index in [0.29, 0.717) is 27.1 Å². The van der Waals surface area contributed by atoms with Crippen LogP contribution in [0, 0.1) is 13.8 Å². The van der Waals surface area contributed by atoms with E-state index in [1.54, 1.807) is 49.4 Å². The first-order chi connectivity index (χ1) is 13.3. The number of carbonyl (C=O) groups is 2. The molecule has 2 amide bonds. The van der Waals surface area contributed by atoms with E-state index in [1.165, 1.54) is 4.68 Å². The fourth-order valence-corrected chi connectivity index (χ4v) is 2.87. The van der Waals surface area contributed by atoms with Gasteiger partial charge >= 0.3 is 0 Å². The van der Waals surface area contributed by atoms with Gasteiger partial charge in [-0.05, 0) is 43.7 Å². The molecule has 0 atom stereocenters. The molecule has 0 fully saturated rings. The quantitative estimate of drug-likeness (QED) is 0.653. The minimum atomic E-state index is -0.430. The summed E-state index contributed by atoms with van der Waals surface area (Å²) < 4.78 is 1.35. The van der Waals surface area contributed by atoms with E-state index in [1.807, 2.05) is 6.92 Å². The monoisotopic (exact) mass is 417 g/mol. The normalized spacial score (nSPS) is 10.6. The first kappa shape index (κ1) is 19.9. The fraction of sp³-hybridized carbons (Fsp3) is 0.158. The van der Waals surface area contributed by atoms with E-state index in [-0.39, 0.29) is 18.1 Å². The van der Waals surface area contributed by atoms with Crippen molar-refractivity contribution in [2.24, 2.45) is 0 Å². The highest BCUT2D eigenvalue weighted by atomic mass is 35.5. The Morgan fingerprint density at radius 1 is 1.04 bits per heavy atom. The van der Waals surface area contributed by atoms with Crippen LogP contribution in [0.3, 0.4) is 0 Å². The number of rotatable bonds is 5. The van der Waals surface area contributed by atoms with Crippen molar-refractivity contribution in [1.29, 1.82) is 0 Å². The summed E-state index contributed by atoms with van der Waals surface area (Å²) in [4.78, 5) is 24.8. The summed E-state index contributed by atoms with van der Waals surface area (Å²) in [5, 5.41) is 14.2. The number of halogens is 2. The standard InChI is InChI=1S/C19H17Cl2N5O2/c1-11-7-8-13(20)9-16(11)23-19(28)18-12(2)26(25-24-18)10-17(27)22-15-6-4-3-5-14(15)21/h3-9H,10H2,1-2H3,(H,22,27)(H,23,28). The minimum Gasteiger partial charge on any atom is -0.323 e.